The van der Waals surface area contributed by atoms with Crippen LogP contribution in [0.2, 0.25) is 0 Å². The molecule has 0 radical (unpaired) electrons. The zero-order chi connectivity index (χ0) is 9.94. The number of hydrogen-bond acceptors (Lipinski definition) is 3. The van der Waals surface area contributed by atoms with E-state index < -0.39 is 0 Å². The number of rotatable bonds is 9. The van der Waals surface area contributed by atoms with Gasteiger partial charge in [-0.05, 0) is 25.8 Å². The lowest BCUT2D eigenvalue weighted by molar-refractivity contribution is 0.0855. The molecule has 0 aromatic carbocycles. The predicted molar refractivity (Wildman–Crippen MR) is 54.9 cm³/mol. The van der Waals surface area contributed by atoms with Gasteiger partial charge in [-0.25, -0.2) is 0 Å². The van der Waals surface area contributed by atoms with Crippen LogP contribution in [0.15, 0.2) is 0 Å². The Labute approximate surface area is 81.5 Å². The van der Waals surface area contributed by atoms with Crippen molar-refractivity contribution in [3.8, 4) is 0 Å². The Bertz CT molecular complexity index is 98.9. The molecule has 0 aliphatic carbocycles. The van der Waals surface area contributed by atoms with Crippen LogP contribution in [0.1, 0.15) is 32.6 Å². The molecule has 80 valence electrons. The monoisotopic (exact) mass is 189 g/mol. The summed E-state index contributed by atoms with van der Waals surface area (Å²) in [5.74, 6) is 0. The molecule has 3 nitrogen and oxygen atoms in total. The zero-order valence-corrected chi connectivity index (χ0v) is 8.88. The highest BCUT2D eigenvalue weighted by Crippen LogP contribution is 2.07. The second-order valence-electron chi connectivity index (χ2n) is 3.26. The van der Waals surface area contributed by atoms with Crippen molar-refractivity contribution in [1.29, 1.82) is 0 Å². The Balaban J connectivity index is 3.17. The van der Waals surface area contributed by atoms with E-state index in [-0.39, 0.29) is 6.61 Å². The fraction of sp³-hybridized carbons (Fsp3) is 1.00. The predicted octanol–water partition coefficient (Wildman–Crippen LogP) is 1.16. The summed E-state index contributed by atoms with van der Waals surface area (Å²) in [6.45, 7) is 4.08. The van der Waals surface area contributed by atoms with Gasteiger partial charge in [-0.2, -0.15) is 0 Å². The SMILES string of the molecule is CCC[C@@H](CCCNCCO)OC. The van der Waals surface area contributed by atoms with Crippen molar-refractivity contribution >= 4 is 0 Å². The van der Waals surface area contributed by atoms with Gasteiger partial charge in [-0.15, -0.1) is 0 Å². The molecule has 0 saturated heterocycles. The third-order valence-corrected chi connectivity index (χ3v) is 2.11. The quantitative estimate of drug-likeness (QED) is 0.535. The van der Waals surface area contributed by atoms with Crippen LogP contribution in [0, 0.1) is 0 Å². The lowest BCUT2D eigenvalue weighted by atomic mass is 10.1. The number of methoxy groups -OCH3 is 1. The van der Waals surface area contributed by atoms with E-state index in [0.717, 1.165) is 25.8 Å². The standard InChI is InChI=1S/C10H23NO2/c1-3-5-10(13-2)6-4-7-11-8-9-12/h10-12H,3-9H2,1-2H3/t10-/m0/s1. The van der Waals surface area contributed by atoms with Crippen molar-refractivity contribution in [1.82, 2.24) is 5.32 Å². The second kappa shape index (κ2) is 9.96. The molecule has 1 atom stereocenters. The molecule has 0 aliphatic rings. The molecule has 0 amide bonds. The molecule has 0 aromatic rings. The number of aliphatic hydroxyl groups is 1. The first-order valence-corrected chi connectivity index (χ1v) is 5.19. The Morgan fingerprint density at radius 1 is 1.31 bits per heavy atom. The van der Waals surface area contributed by atoms with Gasteiger partial charge >= 0.3 is 0 Å². The maximum absolute atomic E-state index is 8.52. The molecule has 3 heteroatoms. The molecule has 2 N–H and O–H groups in total. The van der Waals surface area contributed by atoms with Gasteiger partial charge in [0.15, 0.2) is 0 Å². The van der Waals surface area contributed by atoms with Gasteiger partial charge in [0.05, 0.1) is 12.7 Å². The zero-order valence-electron chi connectivity index (χ0n) is 8.88. The minimum atomic E-state index is 0.225. The minimum Gasteiger partial charge on any atom is -0.395 e. The van der Waals surface area contributed by atoms with Crippen molar-refractivity contribution in [3.63, 3.8) is 0 Å². The summed E-state index contributed by atoms with van der Waals surface area (Å²) in [6, 6.07) is 0. The normalized spacial score (nSPS) is 13.2. The van der Waals surface area contributed by atoms with E-state index in [0.29, 0.717) is 12.6 Å². The van der Waals surface area contributed by atoms with E-state index in [1.807, 2.05) is 0 Å². The smallest absolute Gasteiger partial charge is 0.0571 e. The first-order valence-electron chi connectivity index (χ1n) is 5.19. The number of hydrogen-bond donors (Lipinski definition) is 2. The maximum Gasteiger partial charge on any atom is 0.0571 e. The lowest BCUT2D eigenvalue weighted by Gasteiger charge is -2.13. The summed E-state index contributed by atoms with van der Waals surface area (Å²) in [4.78, 5) is 0. The summed E-state index contributed by atoms with van der Waals surface area (Å²) >= 11 is 0. The molecule has 0 spiro atoms. The fourth-order valence-electron chi connectivity index (χ4n) is 1.36. The molecule has 0 heterocycles. The molecule has 0 bridgehead atoms. The number of aliphatic hydroxyl groups excluding tert-OH is 1. The number of nitrogens with one attached hydrogen (secondary N) is 1. The Hall–Kier alpha value is -0.120. The topological polar surface area (TPSA) is 41.5 Å². The van der Waals surface area contributed by atoms with Crippen LogP contribution in [0.3, 0.4) is 0 Å². The fourth-order valence-corrected chi connectivity index (χ4v) is 1.36. The van der Waals surface area contributed by atoms with E-state index in [9.17, 15) is 0 Å². The lowest BCUT2D eigenvalue weighted by Crippen LogP contribution is -2.21. The molecular formula is C10H23NO2. The summed E-state index contributed by atoms with van der Waals surface area (Å²) in [5, 5.41) is 11.7. The van der Waals surface area contributed by atoms with Crippen LogP contribution in [-0.2, 0) is 4.74 Å². The van der Waals surface area contributed by atoms with Gasteiger partial charge in [0.1, 0.15) is 0 Å². The summed E-state index contributed by atoms with van der Waals surface area (Å²) < 4.78 is 5.32. The van der Waals surface area contributed by atoms with Crippen molar-refractivity contribution < 1.29 is 9.84 Å². The van der Waals surface area contributed by atoms with Gasteiger partial charge in [-0.1, -0.05) is 13.3 Å². The van der Waals surface area contributed by atoms with Crippen LogP contribution >= 0.6 is 0 Å². The highest BCUT2D eigenvalue weighted by Gasteiger charge is 2.04. The van der Waals surface area contributed by atoms with Gasteiger partial charge in [0, 0.05) is 13.7 Å². The van der Waals surface area contributed by atoms with E-state index in [1.54, 1.807) is 7.11 Å². The van der Waals surface area contributed by atoms with Crippen LogP contribution in [0.5, 0.6) is 0 Å². The molecule has 0 unspecified atom stereocenters. The first-order chi connectivity index (χ1) is 6.35. The van der Waals surface area contributed by atoms with E-state index in [4.69, 9.17) is 9.84 Å². The molecule has 0 rings (SSSR count). The molecule has 0 saturated carbocycles. The summed E-state index contributed by atoms with van der Waals surface area (Å²) in [7, 11) is 1.78. The largest absolute Gasteiger partial charge is 0.395 e. The van der Waals surface area contributed by atoms with Gasteiger partial charge in [0.25, 0.3) is 0 Å². The average molecular weight is 189 g/mol. The van der Waals surface area contributed by atoms with Crippen molar-refractivity contribution in [2.45, 2.75) is 38.7 Å². The van der Waals surface area contributed by atoms with Gasteiger partial charge in [0.2, 0.25) is 0 Å². The highest BCUT2D eigenvalue weighted by atomic mass is 16.5. The molecule has 13 heavy (non-hydrogen) atoms. The van der Waals surface area contributed by atoms with Crippen LogP contribution in [-0.4, -0.2) is 38.0 Å². The van der Waals surface area contributed by atoms with E-state index in [1.165, 1.54) is 6.42 Å². The Morgan fingerprint density at radius 3 is 2.62 bits per heavy atom. The van der Waals surface area contributed by atoms with Crippen LogP contribution < -0.4 is 5.32 Å². The number of ether oxygens (including phenoxy) is 1. The van der Waals surface area contributed by atoms with Gasteiger partial charge < -0.3 is 15.2 Å². The second-order valence-corrected chi connectivity index (χ2v) is 3.26. The third kappa shape index (κ3) is 8.22. The van der Waals surface area contributed by atoms with Crippen molar-refractivity contribution in [2.75, 3.05) is 26.8 Å². The Kier molecular flexibility index (Phi) is 9.87. The maximum atomic E-state index is 8.52. The van der Waals surface area contributed by atoms with Gasteiger partial charge in [-0.3, -0.25) is 0 Å². The van der Waals surface area contributed by atoms with Crippen LogP contribution in [0.4, 0.5) is 0 Å². The van der Waals surface area contributed by atoms with E-state index >= 15 is 0 Å². The molecule has 0 aromatic heterocycles. The van der Waals surface area contributed by atoms with Crippen molar-refractivity contribution in [2.24, 2.45) is 0 Å². The molecule has 0 fully saturated rings. The molecular weight excluding hydrogens is 166 g/mol. The first kappa shape index (κ1) is 12.9. The molecule has 0 aliphatic heterocycles. The van der Waals surface area contributed by atoms with E-state index in [2.05, 4.69) is 12.2 Å². The minimum absolute atomic E-state index is 0.225. The summed E-state index contributed by atoms with van der Waals surface area (Å²) in [5.41, 5.74) is 0. The van der Waals surface area contributed by atoms with Crippen LogP contribution in [0.25, 0.3) is 0 Å². The third-order valence-electron chi connectivity index (χ3n) is 2.11. The average Bonchev–Trinajstić information content (AvgIpc) is 2.16. The summed E-state index contributed by atoms with van der Waals surface area (Å²) in [6.07, 6.45) is 4.99. The highest BCUT2D eigenvalue weighted by molar-refractivity contribution is 4.58. The van der Waals surface area contributed by atoms with Crippen molar-refractivity contribution in [3.05, 3.63) is 0 Å². The Morgan fingerprint density at radius 2 is 2.08 bits per heavy atom.